The van der Waals surface area contributed by atoms with Crippen LogP contribution in [0.2, 0.25) is 10.0 Å². The lowest BCUT2D eigenvalue weighted by Crippen LogP contribution is -1.96. The molecule has 1 rings (SSSR count). The van der Waals surface area contributed by atoms with E-state index in [1.165, 1.54) is 0 Å². The molecule has 0 spiro atoms. The molecule has 0 aliphatic rings. The lowest BCUT2D eigenvalue weighted by molar-refractivity contribution is 0.345. The molecule has 0 bridgehead atoms. The van der Waals surface area contributed by atoms with Crippen molar-refractivity contribution in [2.45, 2.75) is 13.8 Å². The normalized spacial score (nSPS) is 10.4. The quantitative estimate of drug-likeness (QED) is 0.708. The summed E-state index contributed by atoms with van der Waals surface area (Å²) in [6.07, 6.45) is 0.847. The van der Waals surface area contributed by atoms with Gasteiger partial charge in [-0.15, -0.1) is 0 Å². The summed E-state index contributed by atoms with van der Waals surface area (Å²) in [5.41, 5.74) is 0. The third kappa shape index (κ3) is 2.58. The van der Waals surface area contributed by atoms with Crippen LogP contribution in [0.4, 0.5) is 0 Å². The molecule has 1 aromatic carbocycles. The lowest BCUT2D eigenvalue weighted by atomic mass is 10.3. The van der Waals surface area contributed by atoms with Crippen LogP contribution in [0.25, 0.3) is 0 Å². The summed E-state index contributed by atoms with van der Waals surface area (Å²) in [6, 6.07) is 5.14. The summed E-state index contributed by atoms with van der Waals surface area (Å²) < 4.78 is 5.33. The first kappa shape index (κ1) is 9.69. The van der Waals surface area contributed by atoms with Gasteiger partial charge in [0.1, 0.15) is 11.9 Å². The fourth-order valence-electron chi connectivity index (χ4n) is 0.778. The summed E-state index contributed by atoms with van der Waals surface area (Å²) in [4.78, 5) is 0. The van der Waals surface area contributed by atoms with Gasteiger partial charge in [-0.3, -0.25) is 0 Å². The predicted molar refractivity (Wildman–Crippen MR) is 51.7 cm³/mol. The minimum atomic E-state index is 0.531. The molecule has 1 nitrogen and oxygen atoms in total. The Labute approximate surface area is 82.2 Å². The van der Waals surface area contributed by atoms with Gasteiger partial charge in [0.15, 0.2) is 0 Å². The highest BCUT2D eigenvalue weighted by molar-refractivity contribution is 6.35. The van der Waals surface area contributed by atoms with Crippen LogP contribution in [0.5, 0.6) is 5.75 Å². The second kappa shape index (κ2) is 4.01. The zero-order chi connectivity index (χ0) is 9.14. The van der Waals surface area contributed by atoms with Crippen molar-refractivity contribution in [3.63, 3.8) is 0 Å². The van der Waals surface area contributed by atoms with Gasteiger partial charge < -0.3 is 4.74 Å². The van der Waals surface area contributed by atoms with Gasteiger partial charge in [-0.25, -0.2) is 0 Å². The van der Waals surface area contributed by atoms with Crippen molar-refractivity contribution in [3.05, 3.63) is 34.3 Å². The van der Waals surface area contributed by atoms with Crippen LogP contribution in [0.15, 0.2) is 18.2 Å². The van der Waals surface area contributed by atoms with Crippen molar-refractivity contribution in [2.24, 2.45) is 0 Å². The van der Waals surface area contributed by atoms with Crippen LogP contribution in [-0.2, 0) is 0 Å². The molecule has 0 unspecified atom stereocenters. The van der Waals surface area contributed by atoms with Gasteiger partial charge in [-0.2, -0.15) is 0 Å². The summed E-state index contributed by atoms with van der Waals surface area (Å²) in [6.45, 7) is 3.73. The Bertz CT molecular complexity index is 271. The number of rotatable bonds is 2. The summed E-state index contributed by atoms with van der Waals surface area (Å²) in [7, 11) is 0. The Morgan fingerprint density at radius 2 is 1.92 bits per heavy atom. The minimum Gasteiger partial charge on any atom is -0.482 e. The van der Waals surface area contributed by atoms with Crippen LogP contribution >= 0.6 is 23.2 Å². The van der Waals surface area contributed by atoms with E-state index in [0.717, 1.165) is 6.10 Å². The zero-order valence-electron chi connectivity index (χ0n) is 6.90. The molecule has 0 fully saturated rings. The summed E-state index contributed by atoms with van der Waals surface area (Å²) in [5, 5.41) is 1.14. The molecule has 0 aliphatic carbocycles. The average Bonchev–Trinajstić information content (AvgIpc) is 1.94. The Balaban J connectivity index is 2.86. The Morgan fingerprint density at radius 3 is 2.42 bits per heavy atom. The number of ether oxygens (including phenoxy) is 1. The van der Waals surface area contributed by atoms with Gasteiger partial charge in [0.05, 0.1) is 5.02 Å². The molecule has 0 atom stereocenters. The number of benzene rings is 1. The van der Waals surface area contributed by atoms with Crippen molar-refractivity contribution in [2.75, 3.05) is 0 Å². The topological polar surface area (TPSA) is 9.23 Å². The molecule has 0 aromatic heterocycles. The predicted octanol–water partition coefficient (Wildman–Crippen LogP) is 3.94. The number of hydrogen-bond donors (Lipinski definition) is 0. The molecule has 0 saturated carbocycles. The van der Waals surface area contributed by atoms with Crippen molar-refractivity contribution < 1.29 is 4.74 Å². The molecular weight excluding hydrogens is 195 g/mol. The lowest BCUT2D eigenvalue weighted by Gasteiger charge is -2.09. The van der Waals surface area contributed by atoms with Crippen LogP contribution < -0.4 is 4.74 Å². The molecular formula is C9H9Cl2O. The van der Waals surface area contributed by atoms with Gasteiger partial charge in [0.2, 0.25) is 0 Å². The molecule has 0 aliphatic heterocycles. The molecule has 1 aromatic rings. The van der Waals surface area contributed by atoms with E-state index in [2.05, 4.69) is 0 Å². The maximum absolute atomic E-state index is 5.85. The Morgan fingerprint density at radius 1 is 1.25 bits per heavy atom. The van der Waals surface area contributed by atoms with Crippen molar-refractivity contribution >= 4 is 23.2 Å². The smallest absolute Gasteiger partial charge is 0.142 e. The van der Waals surface area contributed by atoms with Gasteiger partial charge in [0, 0.05) is 5.02 Å². The maximum atomic E-state index is 5.85. The highest BCUT2D eigenvalue weighted by atomic mass is 35.5. The third-order valence-electron chi connectivity index (χ3n) is 1.21. The van der Waals surface area contributed by atoms with E-state index in [9.17, 15) is 0 Å². The van der Waals surface area contributed by atoms with Crippen LogP contribution in [0, 0.1) is 6.10 Å². The van der Waals surface area contributed by atoms with E-state index < -0.39 is 0 Å². The van der Waals surface area contributed by atoms with E-state index in [1.54, 1.807) is 18.2 Å². The molecule has 0 amide bonds. The number of hydrogen-bond acceptors (Lipinski definition) is 1. The summed E-state index contributed by atoms with van der Waals surface area (Å²) >= 11 is 11.6. The highest BCUT2D eigenvalue weighted by Gasteiger charge is 2.03. The standard InChI is InChI=1S/C9H9Cl2O/c1-6(2)12-9-4-3-7(10)5-8(9)11/h3-5H,1-2H3. The molecule has 12 heavy (non-hydrogen) atoms. The molecule has 0 heterocycles. The van der Waals surface area contributed by atoms with Gasteiger partial charge in [0.25, 0.3) is 0 Å². The average molecular weight is 204 g/mol. The number of halogens is 2. The SMILES string of the molecule is C[C](C)Oc1ccc(Cl)cc1Cl. The van der Waals surface area contributed by atoms with E-state index in [0.29, 0.717) is 15.8 Å². The highest BCUT2D eigenvalue weighted by Crippen LogP contribution is 2.28. The van der Waals surface area contributed by atoms with E-state index in [1.807, 2.05) is 13.8 Å². The van der Waals surface area contributed by atoms with Crippen LogP contribution in [0.3, 0.4) is 0 Å². The zero-order valence-corrected chi connectivity index (χ0v) is 8.41. The molecule has 1 radical (unpaired) electrons. The summed E-state index contributed by atoms with van der Waals surface area (Å²) in [5.74, 6) is 0.640. The van der Waals surface area contributed by atoms with Crippen LogP contribution in [0.1, 0.15) is 13.8 Å². The molecule has 65 valence electrons. The monoisotopic (exact) mass is 203 g/mol. The van der Waals surface area contributed by atoms with Crippen LogP contribution in [-0.4, -0.2) is 0 Å². The first-order valence-corrected chi connectivity index (χ1v) is 4.28. The van der Waals surface area contributed by atoms with Crippen molar-refractivity contribution in [1.82, 2.24) is 0 Å². The second-order valence-corrected chi connectivity index (χ2v) is 3.43. The van der Waals surface area contributed by atoms with E-state index in [-0.39, 0.29) is 0 Å². The van der Waals surface area contributed by atoms with E-state index >= 15 is 0 Å². The largest absolute Gasteiger partial charge is 0.482 e. The first-order chi connectivity index (χ1) is 5.59. The molecule has 3 heteroatoms. The Kier molecular flexibility index (Phi) is 3.24. The molecule has 0 N–H and O–H groups in total. The van der Waals surface area contributed by atoms with E-state index in [4.69, 9.17) is 27.9 Å². The second-order valence-electron chi connectivity index (χ2n) is 2.59. The first-order valence-electron chi connectivity index (χ1n) is 3.52. The van der Waals surface area contributed by atoms with Gasteiger partial charge in [-0.1, -0.05) is 23.2 Å². The minimum absolute atomic E-state index is 0.531. The Hall–Kier alpha value is -0.400. The van der Waals surface area contributed by atoms with Gasteiger partial charge in [-0.05, 0) is 32.0 Å². The molecule has 0 saturated heterocycles. The fourth-order valence-corrected chi connectivity index (χ4v) is 1.22. The third-order valence-corrected chi connectivity index (χ3v) is 1.74. The fraction of sp³-hybridized carbons (Fsp3) is 0.222. The van der Waals surface area contributed by atoms with Crippen molar-refractivity contribution in [3.8, 4) is 5.75 Å². The van der Waals surface area contributed by atoms with Crippen molar-refractivity contribution in [1.29, 1.82) is 0 Å². The maximum Gasteiger partial charge on any atom is 0.142 e. The van der Waals surface area contributed by atoms with Gasteiger partial charge >= 0.3 is 0 Å².